The van der Waals surface area contributed by atoms with Gasteiger partial charge >= 0.3 is 5.97 Å². The highest BCUT2D eigenvalue weighted by Gasteiger charge is 2.22. The first kappa shape index (κ1) is 15.9. The normalized spacial score (nSPS) is 12.1. The number of rotatable bonds is 7. The number of hydrogen-bond donors (Lipinski definition) is 5. The van der Waals surface area contributed by atoms with Crippen LogP contribution in [0.1, 0.15) is 28.8 Å². The first-order valence-electron chi connectivity index (χ1n) is 6.13. The molecule has 1 aromatic rings. The van der Waals surface area contributed by atoms with E-state index in [-0.39, 0.29) is 18.4 Å². The van der Waals surface area contributed by atoms with Crippen LogP contribution in [0.3, 0.4) is 0 Å². The molecule has 0 heterocycles. The number of carboxylic acids is 1. The minimum atomic E-state index is -1.06. The molecule has 0 aliphatic carbocycles. The van der Waals surface area contributed by atoms with Crippen LogP contribution in [0.4, 0.5) is 0 Å². The van der Waals surface area contributed by atoms with Crippen LogP contribution >= 0.6 is 0 Å². The molecule has 7 N–H and O–H groups in total. The fourth-order valence-electron chi connectivity index (χ4n) is 1.79. The molecule has 0 aliphatic heterocycles. The summed E-state index contributed by atoms with van der Waals surface area (Å²) in [6, 6.07) is 1.68. The lowest BCUT2D eigenvalue weighted by Crippen LogP contribution is -2.31. The van der Waals surface area contributed by atoms with Crippen molar-refractivity contribution in [3.05, 3.63) is 23.3 Å². The molecule has 0 bridgehead atoms. The quantitative estimate of drug-likeness (QED) is 0.348. The van der Waals surface area contributed by atoms with Crippen molar-refractivity contribution in [3.63, 3.8) is 0 Å². The van der Waals surface area contributed by atoms with Crippen molar-refractivity contribution < 1.29 is 24.9 Å². The molecule has 0 fully saturated rings. The maximum atomic E-state index is 12.1. The number of benzene rings is 1. The van der Waals surface area contributed by atoms with Crippen LogP contribution < -0.4 is 11.5 Å². The first-order valence-corrected chi connectivity index (χ1v) is 6.13. The summed E-state index contributed by atoms with van der Waals surface area (Å²) in [7, 11) is 0. The van der Waals surface area contributed by atoms with E-state index in [2.05, 4.69) is 0 Å². The van der Waals surface area contributed by atoms with E-state index in [0.29, 0.717) is 18.5 Å². The molecule has 0 saturated heterocycles. The zero-order valence-corrected chi connectivity index (χ0v) is 10.9. The average Bonchev–Trinajstić information content (AvgIpc) is 2.39. The van der Waals surface area contributed by atoms with Crippen molar-refractivity contribution in [1.82, 2.24) is 0 Å². The lowest BCUT2D eigenvalue weighted by atomic mass is 9.97. The Labute approximate surface area is 115 Å². The third kappa shape index (κ3) is 3.94. The second kappa shape index (κ2) is 6.88. The van der Waals surface area contributed by atoms with Crippen LogP contribution in [0.25, 0.3) is 0 Å². The number of ketones is 1. The molecule has 7 heteroatoms. The molecule has 1 atom stereocenters. The number of carboxylic acid groups (broad SMARTS) is 1. The highest BCUT2D eigenvalue weighted by Crippen LogP contribution is 2.31. The SMILES string of the molecule is NCCc1cc(O)c(O)c(C(=O)[C@@H](N)CCC(=O)O)c1. The number of carbonyl (C=O) groups excluding carboxylic acids is 1. The molecular formula is C13H18N2O5. The summed E-state index contributed by atoms with van der Waals surface area (Å²) in [4.78, 5) is 22.5. The zero-order chi connectivity index (χ0) is 15.3. The van der Waals surface area contributed by atoms with Gasteiger partial charge in [-0.3, -0.25) is 9.59 Å². The number of Topliss-reactive ketones (excluding diaryl/α,β-unsaturated/α-hetero) is 1. The van der Waals surface area contributed by atoms with E-state index in [9.17, 15) is 19.8 Å². The summed E-state index contributed by atoms with van der Waals surface area (Å²) in [6.07, 6.45) is 0.135. The Morgan fingerprint density at radius 3 is 2.45 bits per heavy atom. The molecule has 0 unspecified atom stereocenters. The van der Waals surface area contributed by atoms with Crippen molar-refractivity contribution in [2.24, 2.45) is 11.5 Å². The molecule has 0 aromatic heterocycles. The predicted molar refractivity (Wildman–Crippen MR) is 71.7 cm³/mol. The van der Waals surface area contributed by atoms with E-state index in [0.717, 1.165) is 0 Å². The number of phenolic OH excluding ortho intramolecular Hbond substituents is 2. The summed E-state index contributed by atoms with van der Waals surface area (Å²) >= 11 is 0. The van der Waals surface area contributed by atoms with E-state index < -0.39 is 29.3 Å². The molecule has 0 radical (unpaired) electrons. The molecule has 0 saturated carbocycles. The lowest BCUT2D eigenvalue weighted by molar-refractivity contribution is -0.137. The van der Waals surface area contributed by atoms with Crippen LogP contribution in [0, 0.1) is 0 Å². The van der Waals surface area contributed by atoms with Gasteiger partial charge in [-0.1, -0.05) is 0 Å². The number of nitrogens with two attached hydrogens (primary N) is 2. The third-order valence-electron chi connectivity index (χ3n) is 2.85. The first-order chi connectivity index (χ1) is 9.36. The molecule has 110 valence electrons. The van der Waals surface area contributed by atoms with Gasteiger partial charge in [0.25, 0.3) is 0 Å². The van der Waals surface area contributed by atoms with E-state index >= 15 is 0 Å². The summed E-state index contributed by atoms with van der Waals surface area (Å²) in [5.41, 5.74) is 11.5. The molecule has 1 aromatic carbocycles. The Kier molecular flexibility index (Phi) is 5.48. The third-order valence-corrected chi connectivity index (χ3v) is 2.85. The molecule has 20 heavy (non-hydrogen) atoms. The second-order valence-corrected chi connectivity index (χ2v) is 4.45. The predicted octanol–water partition coefficient (Wildman–Crippen LogP) is -0.0262. The standard InChI is InChI=1S/C13H18N2O5/c14-4-3-7-5-8(13(20)10(16)6-7)12(19)9(15)1-2-11(17)18/h5-6,9,16,20H,1-4,14-15H2,(H,17,18)/t9-/m0/s1. The average molecular weight is 282 g/mol. The molecule has 0 amide bonds. The summed E-state index contributed by atoms with van der Waals surface area (Å²) < 4.78 is 0. The largest absolute Gasteiger partial charge is 0.504 e. The molecule has 7 nitrogen and oxygen atoms in total. The maximum Gasteiger partial charge on any atom is 0.303 e. The second-order valence-electron chi connectivity index (χ2n) is 4.45. The molecule has 0 aliphatic rings. The van der Waals surface area contributed by atoms with Gasteiger partial charge in [-0.05, 0) is 37.1 Å². The van der Waals surface area contributed by atoms with Gasteiger partial charge in [0.05, 0.1) is 11.6 Å². The van der Waals surface area contributed by atoms with Crippen LogP contribution in [-0.4, -0.2) is 39.7 Å². The van der Waals surface area contributed by atoms with Crippen LogP contribution in [-0.2, 0) is 11.2 Å². The zero-order valence-electron chi connectivity index (χ0n) is 10.9. The van der Waals surface area contributed by atoms with Crippen molar-refractivity contribution in [2.45, 2.75) is 25.3 Å². The Morgan fingerprint density at radius 2 is 1.90 bits per heavy atom. The minimum absolute atomic E-state index is 0.0461. The van der Waals surface area contributed by atoms with Gasteiger partial charge in [0.2, 0.25) is 0 Å². The van der Waals surface area contributed by atoms with Gasteiger partial charge in [-0.15, -0.1) is 0 Å². The number of hydrogen-bond acceptors (Lipinski definition) is 6. The van der Waals surface area contributed by atoms with E-state index in [1.807, 2.05) is 0 Å². The van der Waals surface area contributed by atoms with E-state index in [1.165, 1.54) is 12.1 Å². The highest BCUT2D eigenvalue weighted by molar-refractivity contribution is 6.03. The Morgan fingerprint density at radius 1 is 1.25 bits per heavy atom. The van der Waals surface area contributed by atoms with Gasteiger partial charge in [-0.25, -0.2) is 0 Å². The molecule has 0 spiro atoms. The van der Waals surface area contributed by atoms with Gasteiger partial charge in [0, 0.05) is 6.42 Å². The number of carbonyl (C=O) groups is 2. The Hall–Kier alpha value is -2.12. The van der Waals surface area contributed by atoms with Gasteiger partial charge in [0.15, 0.2) is 17.3 Å². The molecule has 1 rings (SSSR count). The van der Waals surface area contributed by atoms with Crippen LogP contribution in [0.15, 0.2) is 12.1 Å². The summed E-state index contributed by atoms with van der Waals surface area (Å²) in [5, 5.41) is 27.8. The molecular weight excluding hydrogens is 264 g/mol. The fourth-order valence-corrected chi connectivity index (χ4v) is 1.79. The van der Waals surface area contributed by atoms with Gasteiger partial charge in [-0.2, -0.15) is 0 Å². The van der Waals surface area contributed by atoms with Crippen molar-refractivity contribution in [3.8, 4) is 11.5 Å². The van der Waals surface area contributed by atoms with E-state index in [4.69, 9.17) is 16.6 Å². The summed E-state index contributed by atoms with van der Waals surface area (Å²) in [5.74, 6) is -2.65. The summed E-state index contributed by atoms with van der Waals surface area (Å²) in [6.45, 7) is 0.322. The maximum absolute atomic E-state index is 12.1. The number of aliphatic carboxylic acids is 1. The number of aromatic hydroxyl groups is 2. The topological polar surface area (TPSA) is 147 Å². The number of phenols is 2. The van der Waals surface area contributed by atoms with Crippen molar-refractivity contribution in [1.29, 1.82) is 0 Å². The van der Waals surface area contributed by atoms with Gasteiger partial charge in [0.1, 0.15) is 0 Å². The van der Waals surface area contributed by atoms with Crippen molar-refractivity contribution >= 4 is 11.8 Å². The Balaban J connectivity index is 2.99. The lowest BCUT2D eigenvalue weighted by Gasteiger charge is -2.13. The highest BCUT2D eigenvalue weighted by atomic mass is 16.4. The smallest absolute Gasteiger partial charge is 0.303 e. The van der Waals surface area contributed by atoms with E-state index in [1.54, 1.807) is 0 Å². The van der Waals surface area contributed by atoms with Gasteiger partial charge < -0.3 is 26.8 Å². The monoisotopic (exact) mass is 282 g/mol. The fraction of sp³-hybridized carbons (Fsp3) is 0.385. The van der Waals surface area contributed by atoms with Crippen LogP contribution in [0.2, 0.25) is 0 Å². The van der Waals surface area contributed by atoms with Crippen LogP contribution in [0.5, 0.6) is 11.5 Å². The van der Waals surface area contributed by atoms with Crippen molar-refractivity contribution in [2.75, 3.05) is 6.54 Å². The minimum Gasteiger partial charge on any atom is -0.504 e. The Bertz CT molecular complexity index is 516.